The van der Waals surface area contributed by atoms with E-state index >= 15 is 0 Å². The maximum absolute atomic E-state index is 10.5. The molecule has 0 saturated carbocycles. The molecule has 0 saturated heterocycles. The number of aliphatic hydroxyl groups excluding tert-OH is 2. The van der Waals surface area contributed by atoms with E-state index in [4.69, 9.17) is 19.7 Å². The number of carboxylic acids is 2. The number of aliphatic carboxylic acids is 2. The number of hydrogen-bond acceptors (Lipinski definition) is 12. The largest absolute Gasteiger partial charge is 0.506 e. The summed E-state index contributed by atoms with van der Waals surface area (Å²) in [7, 11) is 3.28. The number of amides is 2. The van der Waals surface area contributed by atoms with E-state index in [1.165, 1.54) is 23.3 Å². The van der Waals surface area contributed by atoms with Crippen LogP contribution in [-0.2, 0) is 32.0 Å². The van der Waals surface area contributed by atoms with Crippen LogP contribution in [-0.4, -0.2) is 94.8 Å². The van der Waals surface area contributed by atoms with Crippen LogP contribution in [0.2, 0.25) is 0 Å². The molecule has 10 N–H and O–H groups in total. The topological polar surface area (TPSA) is 256 Å². The minimum Gasteiger partial charge on any atom is -0.506 e. The predicted molar refractivity (Wildman–Crippen MR) is 218 cm³/mol. The van der Waals surface area contributed by atoms with Crippen molar-refractivity contribution in [3.8, 4) is 23.0 Å². The first-order valence-corrected chi connectivity index (χ1v) is 18.0. The lowest BCUT2D eigenvalue weighted by molar-refractivity contribution is -0.134. The van der Waals surface area contributed by atoms with Gasteiger partial charge in [0.2, 0.25) is 12.8 Å². The molecular weight excluding hydrogens is 752 g/mol. The maximum atomic E-state index is 10.5. The fourth-order valence-corrected chi connectivity index (χ4v) is 5.26. The average molecular weight is 805 g/mol. The number of carbonyl (C=O) groups excluding carboxylic acids is 2. The number of rotatable bonds is 20. The lowest BCUT2D eigenvalue weighted by Gasteiger charge is -2.18. The zero-order valence-electron chi connectivity index (χ0n) is 32.7. The number of aromatic hydroxyl groups is 2. The molecule has 0 aliphatic carbocycles. The molecule has 58 heavy (non-hydrogen) atoms. The number of nitrogens with one attached hydrogen (secondary N) is 4. The Kier molecular flexibility index (Phi) is 21.1. The molecule has 0 radical (unpaired) electrons. The van der Waals surface area contributed by atoms with Crippen LogP contribution in [0.25, 0.3) is 0 Å². The summed E-state index contributed by atoms with van der Waals surface area (Å²) in [6, 6.07) is 25.4. The van der Waals surface area contributed by atoms with Gasteiger partial charge in [0.1, 0.15) is 23.0 Å². The van der Waals surface area contributed by atoms with Crippen LogP contribution in [0.4, 0.5) is 11.4 Å². The van der Waals surface area contributed by atoms with Crippen LogP contribution < -0.4 is 30.7 Å². The van der Waals surface area contributed by atoms with Crippen LogP contribution in [0.5, 0.6) is 23.0 Å². The minimum atomic E-state index is -1.26. The third-order valence-electron chi connectivity index (χ3n) is 8.33. The SMILES string of the molecule is COc1ccc(CC(C)NCC(O)c2ccc(O)c(NC=O)c2)cc1.COc1ccc(CC(C)NCC(O)c2ccc(O)c(NC=O)c2)cc1.O=C(O)/C=C/C(=O)O. The van der Waals surface area contributed by atoms with Crippen molar-refractivity contribution in [3.05, 3.63) is 119 Å². The van der Waals surface area contributed by atoms with Crippen molar-refractivity contribution >= 4 is 36.1 Å². The molecule has 0 aliphatic heterocycles. The smallest absolute Gasteiger partial charge is 0.328 e. The van der Waals surface area contributed by atoms with Crippen molar-refractivity contribution < 1.29 is 59.3 Å². The molecule has 4 aromatic rings. The van der Waals surface area contributed by atoms with Crippen molar-refractivity contribution in [1.29, 1.82) is 0 Å². The number of carboxylic acid groups (broad SMARTS) is 2. The Balaban J connectivity index is 0.000000337. The number of hydrogen-bond donors (Lipinski definition) is 10. The average Bonchev–Trinajstić information content (AvgIpc) is 3.21. The molecule has 0 spiro atoms. The number of aliphatic hydroxyl groups is 2. The van der Waals surface area contributed by atoms with E-state index in [1.54, 1.807) is 38.5 Å². The summed E-state index contributed by atoms with van der Waals surface area (Å²) >= 11 is 0. The normalized spacial score (nSPS) is 12.6. The van der Waals surface area contributed by atoms with Gasteiger partial charge in [-0.05, 0) is 97.5 Å². The second-order valence-corrected chi connectivity index (χ2v) is 12.8. The molecule has 0 fully saturated rings. The Labute approximate surface area is 336 Å². The Hall–Kier alpha value is -6.46. The molecule has 0 aliphatic rings. The summed E-state index contributed by atoms with van der Waals surface area (Å²) in [5.74, 6) is -0.939. The van der Waals surface area contributed by atoms with Crippen molar-refractivity contribution in [2.45, 2.75) is 51.0 Å². The Morgan fingerprint density at radius 2 is 0.948 bits per heavy atom. The zero-order chi connectivity index (χ0) is 43.0. The lowest BCUT2D eigenvalue weighted by atomic mass is 10.1. The van der Waals surface area contributed by atoms with E-state index in [2.05, 4.69) is 21.3 Å². The molecule has 16 heteroatoms. The predicted octanol–water partition coefficient (Wildman–Crippen LogP) is 4.16. The van der Waals surface area contributed by atoms with Crippen molar-refractivity contribution in [2.24, 2.45) is 0 Å². The third kappa shape index (κ3) is 18.0. The van der Waals surface area contributed by atoms with Gasteiger partial charge in [-0.2, -0.15) is 0 Å². The van der Waals surface area contributed by atoms with Crippen LogP contribution in [0, 0.1) is 0 Å². The van der Waals surface area contributed by atoms with Crippen molar-refractivity contribution in [3.63, 3.8) is 0 Å². The number of anilines is 2. The van der Waals surface area contributed by atoms with Crippen molar-refractivity contribution in [2.75, 3.05) is 37.9 Å². The van der Waals surface area contributed by atoms with Gasteiger partial charge in [0.05, 0.1) is 37.8 Å². The van der Waals surface area contributed by atoms with Gasteiger partial charge in [0.25, 0.3) is 0 Å². The van der Waals surface area contributed by atoms with Crippen LogP contribution in [0.15, 0.2) is 97.1 Å². The second-order valence-electron chi connectivity index (χ2n) is 12.8. The zero-order valence-corrected chi connectivity index (χ0v) is 32.7. The number of ether oxygens (including phenoxy) is 2. The van der Waals surface area contributed by atoms with E-state index in [0.717, 1.165) is 24.3 Å². The highest BCUT2D eigenvalue weighted by Crippen LogP contribution is 2.28. The Morgan fingerprint density at radius 1 is 0.603 bits per heavy atom. The number of methoxy groups -OCH3 is 2. The second kappa shape index (κ2) is 25.6. The van der Waals surface area contributed by atoms with Crippen LogP contribution >= 0.6 is 0 Å². The Morgan fingerprint density at radius 3 is 1.24 bits per heavy atom. The van der Waals surface area contributed by atoms with Gasteiger partial charge in [-0.15, -0.1) is 0 Å². The van der Waals surface area contributed by atoms with E-state index in [0.29, 0.717) is 49.2 Å². The molecule has 0 heterocycles. The van der Waals surface area contributed by atoms with Crippen molar-refractivity contribution in [1.82, 2.24) is 10.6 Å². The fraction of sp³-hybridized carbons (Fsp3) is 0.286. The standard InChI is InChI=1S/2C19H24N2O4.C4H4O4/c2*1-13(9-14-3-6-16(25-2)7-4-14)20-11-19(24)15-5-8-18(23)17(10-15)21-12-22;5-3(6)1-2-4(7)8/h2*3-8,10,12-13,19-20,23-24H,9,11H2,1-2H3,(H,21,22);1-2H,(H,5,6)(H,7,8)/b;;2-1+. The highest BCUT2D eigenvalue weighted by Gasteiger charge is 2.14. The lowest BCUT2D eigenvalue weighted by Crippen LogP contribution is -2.32. The summed E-state index contributed by atoms with van der Waals surface area (Å²) in [5.41, 5.74) is 4.14. The Bertz CT molecular complexity index is 1770. The molecule has 16 nitrogen and oxygen atoms in total. The van der Waals surface area contributed by atoms with E-state index in [1.807, 2.05) is 62.4 Å². The molecule has 4 unspecified atom stereocenters. The fourth-order valence-electron chi connectivity index (χ4n) is 5.26. The minimum absolute atomic E-state index is 0.0381. The van der Waals surface area contributed by atoms with Gasteiger partial charge in [-0.25, -0.2) is 9.59 Å². The number of phenolic OH excluding ortho intramolecular Hbond substituents is 2. The van der Waals surface area contributed by atoms with Gasteiger partial charge >= 0.3 is 11.9 Å². The molecule has 4 aromatic carbocycles. The monoisotopic (exact) mass is 804 g/mol. The first-order chi connectivity index (χ1) is 27.7. The first-order valence-electron chi connectivity index (χ1n) is 18.0. The summed E-state index contributed by atoms with van der Waals surface area (Å²) in [6.45, 7) is 4.82. The third-order valence-corrected chi connectivity index (χ3v) is 8.33. The van der Waals surface area contributed by atoms with E-state index in [9.17, 15) is 39.6 Å². The molecule has 0 bridgehead atoms. The highest BCUT2D eigenvalue weighted by molar-refractivity contribution is 5.89. The maximum Gasteiger partial charge on any atom is 0.328 e. The molecule has 312 valence electrons. The number of benzene rings is 4. The molecule has 4 atom stereocenters. The highest BCUT2D eigenvalue weighted by atomic mass is 16.5. The number of carbonyl (C=O) groups is 4. The van der Waals surface area contributed by atoms with Crippen LogP contribution in [0.1, 0.15) is 48.3 Å². The molecule has 4 rings (SSSR count). The summed E-state index contributed by atoms with van der Waals surface area (Å²) < 4.78 is 10.3. The van der Waals surface area contributed by atoms with Crippen LogP contribution in [0.3, 0.4) is 0 Å². The van der Waals surface area contributed by atoms with Gasteiger partial charge in [-0.1, -0.05) is 36.4 Å². The van der Waals surface area contributed by atoms with E-state index in [-0.39, 0.29) is 35.0 Å². The van der Waals surface area contributed by atoms with Gasteiger partial charge in [0.15, 0.2) is 0 Å². The van der Waals surface area contributed by atoms with Gasteiger partial charge < -0.3 is 61.4 Å². The quantitative estimate of drug-likeness (QED) is 0.0342. The molecule has 2 amide bonds. The first kappa shape index (κ1) is 47.7. The summed E-state index contributed by atoms with van der Waals surface area (Å²) in [4.78, 5) is 40.2. The molecular formula is C42H52N4O12. The van der Waals surface area contributed by atoms with Gasteiger partial charge in [-0.3, -0.25) is 9.59 Å². The summed E-state index contributed by atoms with van der Waals surface area (Å²) in [5, 5.41) is 66.9. The summed E-state index contributed by atoms with van der Waals surface area (Å²) in [6.07, 6.45) is 2.25. The van der Waals surface area contributed by atoms with Gasteiger partial charge in [0, 0.05) is 37.3 Å². The molecule has 0 aromatic heterocycles. The number of phenols is 2. The van der Waals surface area contributed by atoms with E-state index < -0.39 is 24.1 Å².